The van der Waals surface area contributed by atoms with Crippen molar-refractivity contribution in [2.24, 2.45) is 29.1 Å². The highest BCUT2D eigenvalue weighted by molar-refractivity contribution is 5.81. The van der Waals surface area contributed by atoms with Gasteiger partial charge in [-0.1, -0.05) is 26.8 Å². The van der Waals surface area contributed by atoms with Crippen LogP contribution >= 0.6 is 0 Å². The summed E-state index contributed by atoms with van der Waals surface area (Å²) in [6.07, 6.45) is 0.851. The maximum Gasteiger partial charge on any atom is 0.201 e. The second-order valence-electron chi connectivity index (χ2n) is 11.4. The average Bonchev–Trinajstić information content (AvgIpc) is 2.87. The molecule has 1 aromatic carbocycles. The number of para-hydroxylation sites is 1. The van der Waals surface area contributed by atoms with Gasteiger partial charge < -0.3 is 25.5 Å². The molecule has 3 saturated carbocycles. The fourth-order valence-corrected chi connectivity index (χ4v) is 8.46. The number of phenols is 1. The molecule has 0 saturated heterocycles. The monoisotopic (exact) mass is 440 g/mol. The molecule has 3 fully saturated rings. The second-order valence-corrected chi connectivity index (χ2v) is 11.4. The fraction of sp³-hybridized carbons (Fsp3) is 0.680. The topological polar surface area (TPSA) is 127 Å². The maximum absolute atomic E-state index is 11.8. The maximum atomic E-state index is 11.8. The summed E-state index contributed by atoms with van der Waals surface area (Å²) < 4.78 is 0. The van der Waals surface area contributed by atoms with Gasteiger partial charge in [0, 0.05) is 11.8 Å². The molecule has 0 radical (unpaired) electrons. The van der Waals surface area contributed by atoms with Crippen molar-refractivity contribution in [3.8, 4) is 5.75 Å². The van der Waals surface area contributed by atoms with Crippen LogP contribution in [0.1, 0.15) is 63.8 Å². The SMILES string of the molecule is C[C@@H]1[C@H]2CCC3C4C([C@H](O)C(O)(O)[C@]31c1nc3cccc(O)c3nc12)C(C)(C)CC[C@@H]4O. The van der Waals surface area contributed by atoms with E-state index in [0.717, 1.165) is 12.8 Å². The summed E-state index contributed by atoms with van der Waals surface area (Å²) in [5.41, 5.74) is 0.559. The quantitative estimate of drug-likeness (QED) is 0.397. The van der Waals surface area contributed by atoms with Gasteiger partial charge in [0.15, 0.2) is 0 Å². The molecule has 6 rings (SSSR count). The lowest BCUT2D eigenvalue weighted by molar-refractivity contribution is -0.354. The van der Waals surface area contributed by atoms with Crippen LogP contribution in [0.4, 0.5) is 0 Å². The van der Waals surface area contributed by atoms with Crippen molar-refractivity contribution in [3.63, 3.8) is 0 Å². The Bertz CT molecular complexity index is 1120. The van der Waals surface area contributed by atoms with Crippen molar-refractivity contribution in [1.29, 1.82) is 0 Å². The van der Waals surface area contributed by atoms with E-state index in [-0.39, 0.29) is 34.8 Å². The molecule has 2 bridgehead atoms. The molecule has 1 aromatic heterocycles. The van der Waals surface area contributed by atoms with Gasteiger partial charge in [0.05, 0.1) is 28.4 Å². The summed E-state index contributed by atoms with van der Waals surface area (Å²) in [6.45, 7) is 6.11. The lowest BCUT2D eigenvalue weighted by Gasteiger charge is -2.66. The smallest absolute Gasteiger partial charge is 0.201 e. The molecule has 4 aliphatic rings. The summed E-state index contributed by atoms with van der Waals surface area (Å²) in [6, 6.07) is 5.04. The van der Waals surface area contributed by atoms with Gasteiger partial charge in [0.25, 0.3) is 0 Å². The van der Waals surface area contributed by atoms with Crippen molar-refractivity contribution >= 4 is 11.0 Å². The van der Waals surface area contributed by atoms with Crippen LogP contribution < -0.4 is 0 Å². The molecule has 0 aliphatic heterocycles. The van der Waals surface area contributed by atoms with E-state index in [1.54, 1.807) is 18.2 Å². The second kappa shape index (κ2) is 6.20. The number of hydrogen-bond acceptors (Lipinski definition) is 7. The minimum absolute atomic E-state index is 0.0473. The number of fused-ring (bicyclic) bond motifs is 6. The molecule has 2 aromatic rings. The first kappa shape index (κ1) is 20.8. The summed E-state index contributed by atoms with van der Waals surface area (Å²) in [7, 11) is 0. The molecule has 3 unspecified atom stereocenters. The molecular weight excluding hydrogens is 408 g/mol. The normalized spacial score (nSPS) is 43.4. The molecule has 1 spiro atoms. The molecule has 32 heavy (non-hydrogen) atoms. The third-order valence-electron chi connectivity index (χ3n) is 9.81. The first-order valence-corrected chi connectivity index (χ1v) is 11.8. The van der Waals surface area contributed by atoms with E-state index >= 15 is 0 Å². The minimum atomic E-state index is -2.41. The molecule has 172 valence electrons. The standard InChI is InChI=1S/C25H32N2O5/c1-11-12-7-8-13-17-15(28)9-10-23(2,3)18(17)22(30)25(31,32)24(11,13)21-19(12)27-20-14(26-21)5-4-6-16(20)29/h4-6,11-13,15,17-18,22,28-32H,7-10H2,1-3H3/t11-,12-,13?,15+,17?,18?,22+,24+/m1/s1. The van der Waals surface area contributed by atoms with E-state index < -0.39 is 29.3 Å². The fourth-order valence-electron chi connectivity index (χ4n) is 8.46. The minimum Gasteiger partial charge on any atom is -0.506 e. The van der Waals surface area contributed by atoms with Crippen LogP contribution in [0.5, 0.6) is 5.75 Å². The van der Waals surface area contributed by atoms with Gasteiger partial charge in [-0.15, -0.1) is 0 Å². The number of hydrogen-bond donors (Lipinski definition) is 5. The predicted octanol–water partition coefficient (Wildman–Crippen LogP) is 2.19. The number of nitrogens with zero attached hydrogens (tertiary/aromatic N) is 2. The third kappa shape index (κ3) is 2.16. The third-order valence-corrected chi connectivity index (χ3v) is 9.81. The Morgan fingerprint density at radius 3 is 2.53 bits per heavy atom. The van der Waals surface area contributed by atoms with Gasteiger partial charge in [0.2, 0.25) is 5.79 Å². The lowest BCUT2D eigenvalue weighted by Crippen LogP contribution is -2.76. The van der Waals surface area contributed by atoms with Gasteiger partial charge >= 0.3 is 0 Å². The van der Waals surface area contributed by atoms with Gasteiger partial charge in [-0.25, -0.2) is 9.97 Å². The Balaban J connectivity index is 1.65. The van der Waals surface area contributed by atoms with Crippen LogP contribution in [-0.2, 0) is 5.41 Å². The number of aromatic nitrogens is 2. The van der Waals surface area contributed by atoms with E-state index in [1.165, 1.54) is 0 Å². The Morgan fingerprint density at radius 2 is 1.78 bits per heavy atom. The van der Waals surface area contributed by atoms with Crippen LogP contribution in [0.2, 0.25) is 0 Å². The number of aliphatic hydroxyl groups excluding tert-OH is 2. The van der Waals surface area contributed by atoms with Crippen molar-refractivity contribution in [3.05, 3.63) is 29.6 Å². The van der Waals surface area contributed by atoms with Gasteiger partial charge in [-0.2, -0.15) is 0 Å². The molecular formula is C25H32N2O5. The molecule has 7 nitrogen and oxygen atoms in total. The Morgan fingerprint density at radius 1 is 1.03 bits per heavy atom. The molecule has 0 amide bonds. The molecule has 5 N–H and O–H groups in total. The largest absolute Gasteiger partial charge is 0.506 e. The molecule has 1 heterocycles. The number of aromatic hydroxyl groups is 1. The number of benzene rings is 1. The van der Waals surface area contributed by atoms with Crippen molar-refractivity contribution in [1.82, 2.24) is 9.97 Å². The average molecular weight is 441 g/mol. The first-order chi connectivity index (χ1) is 15.0. The van der Waals surface area contributed by atoms with E-state index in [2.05, 4.69) is 13.8 Å². The summed E-state index contributed by atoms with van der Waals surface area (Å²) in [5.74, 6) is -3.55. The lowest BCUT2D eigenvalue weighted by atomic mass is 9.41. The van der Waals surface area contributed by atoms with Crippen LogP contribution in [0.3, 0.4) is 0 Å². The number of aliphatic hydroxyl groups is 4. The van der Waals surface area contributed by atoms with E-state index in [0.29, 0.717) is 35.3 Å². The molecule has 7 heteroatoms. The van der Waals surface area contributed by atoms with Crippen molar-refractivity contribution < 1.29 is 25.5 Å². The summed E-state index contributed by atoms with van der Waals surface area (Å²) >= 11 is 0. The van der Waals surface area contributed by atoms with Crippen LogP contribution in [0, 0.1) is 29.1 Å². The van der Waals surface area contributed by atoms with Crippen LogP contribution in [0.25, 0.3) is 11.0 Å². The van der Waals surface area contributed by atoms with E-state index in [4.69, 9.17) is 9.97 Å². The zero-order valence-corrected chi connectivity index (χ0v) is 18.7. The zero-order chi connectivity index (χ0) is 22.8. The number of rotatable bonds is 0. The highest BCUT2D eigenvalue weighted by Gasteiger charge is 2.77. The molecule has 8 atom stereocenters. The van der Waals surface area contributed by atoms with Crippen LogP contribution in [0.15, 0.2) is 18.2 Å². The van der Waals surface area contributed by atoms with Crippen molar-refractivity contribution in [2.75, 3.05) is 0 Å². The van der Waals surface area contributed by atoms with E-state index in [1.807, 2.05) is 6.92 Å². The van der Waals surface area contributed by atoms with Crippen molar-refractivity contribution in [2.45, 2.75) is 75.8 Å². The Hall–Kier alpha value is -1.80. The molecule has 4 aliphatic carbocycles. The predicted molar refractivity (Wildman–Crippen MR) is 117 cm³/mol. The number of phenolic OH excluding ortho intramolecular Hbond substituents is 1. The highest BCUT2D eigenvalue weighted by atomic mass is 16.5. The highest BCUT2D eigenvalue weighted by Crippen LogP contribution is 2.71. The van der Waals surface area contributed by atoms with Gasteiger partial charge in [-0.3, -0.25) is 0 Å². The van der Waals surface area contributed by atoms with Gasteiger partial charge in [0.1, 0.15) is 17.4 Å². The van der Waals surface area contributed by atoms with Crippen LogP contribution in [-0.4, -0.2) is 53.5 Å². The Kier molecular flexibility index (Phi) is 4.03. The zero-order valence-electron chi connectivity index (χ0n) is 18.7. The van der Waals surface area contributed by atoms with E-state index in [9.17, 15) is 25.5 Å². The summed E-state index contributed by atoms with van der Waals surface area (Å²) in [4.78, 5) is 9.68. The van der Waals surface area contributed by atoms with Gasteiger partial charge in [-0.05, 0) is 61.0 Å². The summed E-state index contributed by atoms with van der Waals surface area (Å²) in [5, 5.41) is 56.7. The Labute approximate surface area is 187 Å². The first-order valence-electron chi connectivity index (χ1n) is 11.8.